The van der Waals surface area contributed by atoms with Crippen molar-refractivity contribution in [2.45, 2.75) is 13.0 Å². The van der Waals surface area contributed by atoms with Crippen molar-refractivity contribution in [3.05, 3.63) is 22.7 Å². The molecule has 1 aromatic rings. The lowest BCUT2D eigenvalue weighted by Crippen LogP contribution is -2.07. The Bertz CT molecular complexity index is 326. The van der Waals surface area contributed by atoms with Gasteiger partial charge in [-0.1, -0.05) is 11.6 Å². The largest absolute Gasteiger partial charge is 0.496 e. The van der Waals surface area contributed by atoms with Crippen molar-refractivity contribution in [2.75, 3.05) is 14.2 Å². The number of benzene rings is 1. The topological polar surface area (TPSA) is 44.5 Å². The van der Waals surface area contributed by atoms with Gasteiger partial charge in [-0.05, 0) is 13.0 Å². The van der Waals surface area contributed by atoms with E-state index in [1.165, 1.54) is 0 Å². The monoisotopic (exact) mass is 215 g/mol. The highest BCUT2D eigenvalue weighted by Crippen LogP contribution is 2.34. The number of hydrogen-bond donors (Lipinski definition) is 1. The molecule has 0 saturated heterocycles. The van der Waals surface area contributed by atoms with Crippen molar-refractivity contribution in [1.82, 2.24) is 0 Å². The zero-order valence-electron chi connectivity index (χ0n) is 8.50. The molecule has 0 heterocycles. The number of halogens is 1. The van der Waals surface area contributed by atoms with Crippen LogP contribution < -0.4 is 15.2 Å². The van der Waals surface area contributed by atoms with E-state index in [4.69, 9.17) is 26.8 Å². The van der Waals surface area contributed by atoms with Crippen LogP contribution in [-0.4, -0.2) is 14.2 Å². The molecule has 0 aliphatic carbocycles. The normalized spacial score (nSPS) is 12.4. The quantitative estimate of drug-likeness (QED) is 0.842. The number of methoxy groups -OCH3 is 2. The third-order valence-corrected chi connectivity index (χ3v) is 2.29. The Hall–Kier alpha value is -0.930. The zero-order valence-corrected chi connectivity index (χ0v) is 9.26. The third-order valence-electron chi connectivity index (χ3n) is 1.99. The zero-order chi connectivity index (χ0) is 10.7. The Balaban J connectivity index is 3.25. The molecule has 0 radical (unpaired) electrons. The molecule has 3 nitrogen and oxygen atoms in total. The van der Waals surface area contributed by atoms with E-state index < -0.39 is 0 Å². The maximum absolute atomic E-state index is 5.94. The van der Waals surface area contributed by atoms with Gasteiger partial charge in [-0.25, -0.2) is 0 Å². The number of hydrogen-bond acceptors (Lipinski definition) is 3. The summed E-state index contributed by atoms with van der Waals surface area (Å²) in [6.45, 7) is 1.88. The Kier molecular flexibility index (Phi) is 3.61. The van der Waals surface area contributed by atoms with E-state index in [0.29, 0.717) is 16.5 Å². The van der Waals surface area contributed by atoms with E-state index >= 15 is 0 Å². The lowest BCUT2D eigenvalue weighted by Gasteiger charge is -2.14. The van der Waals surface area contributed by atoms with Crippen molar-refractivity contribution >= 4 is 11.6 Å². The minimum Gasteiger partial charge on any atom is -0.496 e. The van der Waals surface area contributed by atoms with Crippen molar-refractivity contribution in [3.8, 4) is 11.5 Å². The molecule has 14 heavy (non-hydrogen) atoms. The van der Waals surface area contributed by atoms with Gasteiger partial charge in [0.2, 0.25) is 0 Å². The van der Waals surface area contributed by atoms with Crippen LogP contribution in [0.2, 0.25) is 5.02 Å². The summed E-state index contributed by atoms with van der Waals surface area (Å²) in [5.74, 6) is 1.30. The molecule has 0 amide bonds. The summed E-state index contributed by atoms with van der Waals surface area (Å²) >= 11 is 5.94. The molecule has 0 spiro atoms. The van der Waals surface area contributed by atoms with Gasteiger partial charge in [0, 0.05) is 17.7 Å². The first-order valence-corrected chi connectivity index (χ1v) is 4.65. The molecule has 0 aromatic heterocycles. The maximum Gasteiger partial charge on any atom is 0.138 e. The molecule has 0 fully saturated rings. The van der Waals surface area contributed by atoms with Crippen molar-refractivity contribution in [2.24, 2.45) is 5.73 Å². The van der Waals surface area contributed by atoms with Gasteiger partial charge in [-0.3, -0.25) is 0 Å². The molecule has 0 bridgehead atoms. The number of nitrogens with two attached hydrogens (primary N) is 1. The second-order valence-electron chi connectivity index (χ2n) is 3.02. The molecule has 1 unspecified atom stereocenters. The summed E-state index contributed by atoms with van der Waals surface area (Å²) in [7, 11) is 3.16. The van der Waals surface area contributed by atoms with Crippen molar-refractivity contribution < 1.29 is 9.47 Å². The van der Waals surface area contributed by atoms with Crippen LogP contribution in [0.3, 0.4) is 0 Å². The fourth-order valence-corrected chi connectivity index (χ4v) is 1.47. The average Bonchev–Trinajstić information content (AvgIpc) is 2.16. The van der Waals surface area contributed by atoms with Crippen LogP contribution in [0.5, 0.6) is 11.5 Å². The summed E-state index contributed by atoms with van der Waals surface area (Å²) in [5, 5.41) is 0.522. The van der Waals surface area contributed by atoms with Crippen molar-refractivity contribution in [3.63, 3.8) is 0 Å². The van der Waals surface area contributed by atoms with Crippen LogP contribution in [0.15, 0.2) is 12.1 Å². The highest BCUT2D eigenvalue weighted by molar-refractivity contribution is 6.32. The van der Waals surface area contributed by atoms with Gasteiger partial charge in [-0.15, -0.1) is 0 Å². The molecular weight excluding hydrogens is 202 g/mol. The van der Waals surface area contributed by atoms with Gasteiger partial charge >= 0.3 is 0 Å². The molecule has 0 saturated carbocycles. The molecule has 1 rings (SSSR count). The van der Waals surface area contributed by atoms with Gasteiger partial charge in [0.05, 0.1) is 19.2 Å². The number of rotatable bonds is 3. The van der Waals surface area contributed by atoms with E-state index in [2.05, 4.69) is 0 Å². The summed E-state index contributed by atoms with van der Waals surface area (Å²) in [4.78, 5) is 0. The Morgan fingerprint density at radius 2 is 1.79 bits per heavy atom. The molecule has 78 valence electrons. The van der Waals surface area contributed by atoms with Crippen LogP contribution in [0, 0.1) is 0 Å². The molecular formula is C10H14ClNO2. The van der Waals surface area contributed by atoms with Gasteiger partial charge in [-0.2, -0.15) is 0 Å². The average molecular weight is 216 g/mol. The Morgan fingerprint density at radius 3 is 2.21 bits per heavy atom. The van der Waals surface area contributed by atoms with Crippen LogP contribution in [0.4, 0.5) is 0 Å². The van der Waals surface area contributed by atoms with Crippen molar-refractivity contribution in [1.29, 1.82) is 0 Å². The first kappa shape index (κ1) is 11.1. The third kappa shape index (κ3) is 2.11. The van der Waals surface area contributed by atoms with Crippen LogP contribution >= 0.6 is 11.6 Å². The Labute approximate surface area is 88.8 Å². The molecule has 1 aromatic carbocycles. The molecule has 0 aliphatic rings. The van der Waals surface area contributed by atoms with Crippen LogP contribution in [0.1, 0.15) is 18.5 Å². The fraction of sp³-hybridized carbons (Fsp3) is 0.400. The van der Waals surface area contributed by atoms with Gasteiger partial charge in [0.15, 0.2) is 0 Å². The fourth-order valence-electron chi connectivity index (χ4n) is 1.24. The molecule has 1 atom stereocenters. The predicted octanol–water partition coefficient (Wildman–Crippen LogP) is 2.38. The van der Waals surface area contributed by atoms with E-state index in [9.17, 15) is 0 Å². The second kappa shape index (κ2) is 4.53. The smallest absolute Gasteiger partial charge is 0.138 e. The standard InChI is InChI=1S/C10H14ClNO2/c1-6(12)7-4-10(14-3)8(11)5-9(7)13-2/h4-6H,12H2,1-3H3. The molecule has 4 heteroatoms. The molecule has 0 aliphatic heterocycles. The van der Waals surface area contributed by atoms with E-state index in [0.717, 1.165) is 5.56 Å². The van der Waals surface area contributed by atoms with E-state index in [1.54, 1.807) is 26.4 Å². The first-order valence-electron chi connectivity index (χ1n) is 4.27. The minimum atomic E-state index is -0.115. The second-order valence-corrected chi connectivity index (χ2v) is 3.42. The van der Waals surface area contributed by atoms with Crippen LogP contribution in [-0.2, 0) is 0 Å². The summed E-state index contributed by atoms with van der Waals surface area (Å²) in [6.07, 6.45) is 0. The van der Waals surface area contributed by atoms with Gasteiger partial charge in [0.25, 0.3) is 0 Å². The highest BCUT2D eigenvalue weighted by Gasteiger charge is 2.12. The maximum atomic E-state index is 5.94. The minimum absolute atomic E-state index is 0.115. The van der Waals surface area contributed by atoms with Crippen LogP contribution in [0.25, 0.3) is 0 Å². The lowest BCUT2D eigenvalue weighted by molar-refractivity contribution is 0.396. The SMILES string of the molecule is COc1cc(C(C)N)c(OC)cc1Cl. The summed E-state index contributed by atoms with van der Waals surface area (Å²) in [6, 6.07) is 3.39. The summed E-state index contributed by atoms with van der Waals surface area (Å²) in [5.41, 5.74) is 6.67. The highest BCUT2D eigenvalue weighted by atomic mass is 35.5. The van der Waals surface area contributed by atoms with E-state index in [-0.39, 0.29) is 6.04 Å². The van der Waals surface area contributed by atoms with E-state index in [1.807, 2.05) is 6.92 Å². The van der Waals surface area contributed by atoms with Gasteiger partial charge in [0.1, 0.15) is 11.5 Å². The van der Waals surface area contributed by atoms with Gasteiger partial charge < -0.3 is 15.2 Å². The first-order chi connectivity index (χ1) is 6.60. The number of ether oxygens (including phenoxy) is 2. The Morgan fingerprint density at radius 1 is 1.21 bits per heavy atom. The summed E-state index contributed by atoms with van der Waals surface area (Å²) < 4.78 is 10.3. The predicted molar refractivity (Wildman–Crippen MR) is 57.2 cm³/mol. The molecule has 2 N–H and O–H groups in total. The lowest BCUT2D eigenvalue weighted by atomic mass is 10.1.